The standard InChI is InChI=1S/C11H16N2O4/c1-3-5-6-9(14)8(7-13-11(12)16)10(15)17-4-2/h3,7,14H,1,4-6H2,2H3,(H2,12,16)/b9-8+,13-7+. The minimum absolute atomic E-state index is 0.154. The number of carbonyl (C=O) groups excluding carboxylic acids is 2. The van der Waals surface area contributed by atoms with Gasteiger partial charge in [0.2, 0.25) is 0 Å². The highest BCUT2D eigenvalue weighted by atomic mass is 16.5. The van der Waals surface area contributed by atoms with Crippen molar-refractivity contribution >= 4 is 18.2 Å². The molecule has 0 aliphatic heterocycles. The average Bonchev–Trinajstić information content (AvgIpc) is 2.26. The monoisotopic (exact) mass is 240 g/mol. The number of aliphatic hydroxyl groups excluding tert-OH is 1. The van der Waals surface area contributed by atoms with Gasteiger partial charge in [-0.05, 0) is 13.3 Å². The summed E-state index contributed by atoms with van der Waals surface area (Å²) >= 11 is 0. The van der Waals surface area contributed by atoms with E-state index < -0.39 is 12.0 Å². The number of nitrogens with zero attached hydrogens (tertiary/aromatic N) is 1. The molecular formula is C11H16N2O4. The minimum atomic E-state index is -0.955. The van der Waals surface area contributed by atoms with Crippen molar-refractivity contribution in [2.45, 2.75) is 19.8 Å². The summed E-state index contributed by atoms with van der Waals surface area (Å²) in [6.07, 6.45) is 3.19. The number of amides is 2. The lowest BCUT2D eigenvalue weighted by Gasteiger charge is -2.05. The van der Waals surface area contributed by atoms with Crippen molar-refractivity contribution < 1.29 is 19.4 Å². The Morgan fingerprint density at radius 1 is 1.53 bits per heavy atom. The maximum absolute atomic E-state index is 11.5. The maximum Gasteiger partial charge on any atom is 0.343 e. The van der Waals surface area contributed by atoms with Gasteiger partial charge in [0.15, 0.2) is 0 Å². The smallest absolute Gasteiger partial charge is 0.343 e. The van der Waals surface area contributed by atoms with Gasteiger partial charge in [0.1, 0.15) is 11.3 Å². The molecule has 17 heavy (non-hydrogen) atoms. The molecule has 0 radical (unpaired) electrons. The van der Waals surface area contributed by atoms with Crippen LogP contribution >= 0.6 is 0 Å². The van der Waals surface area contributed by atoms with E-state index in [2.05, 4.69) is 11.6 Å². The summed E-state index contributed by atoms with van der Waals surface area (Å²) in [6.45, 7) is 5.27. The van der Waals surface area contributed by atoms with Crippen molar-refractivity contribution in [1.82, 2.24) is 0 Å². The Bertz CT molecular complexity index is 358. The number of urea groups is 1. The Morgan fingerprint density at radius 2 is 2.18 bits per heavy atom. The van der Waals surface area contributed by atoms with Crippen LogP contribution in [0.5, 0.6) is 0 Å². The van der Waals surface area contributed by atoms with Crippen molar-refractivity contribution in [2.24, 2.45) is 10.7 Å². The summed E-state index contributed by atoms with van der Waals surface area (Å²) in [4.78, 5) is 25.2. The highest BCUT2D eigenvalue weighted by molar-refractivity contribution is 6.11. The Kier molecular flexibility index (Phi) is 7.09. The first-order valence-corrected chi connectivity index (χ1v) is 5.06. The molecule has 0 fully saturated rings. The largest absolute Gasteiger partial charge is 0.511 e. The van der Waals surface area contributed by atoms with Crippen LogP contribution in [0, 0.1) is 0 Å². The van der Waals surface area contributed by atoms with Gasteiger partial charge in [-0.3, -0.25) is 0 Å². The highest BCUT2D eigenvalue weighted by Crippen LogP contribution is 2.09. The quantitative estimate of drug-likeness (QED) is 0.241. The van der Waals surface area contributed by atoms with Gasteiger partial charge in [-0.1, -0.05) is 6.08 Å². The Hall–Kier alpha value is -2.11. The first-order valence-electron chi connectivity index (χ1n) is 5.06. The van der Waals surface area contributed by atoms with E-state index in [1.807, 2.05) is 0 Å². The molecule has 6 nitrogen and oxygen atoms in total. The molecule has 94 valence electrons. The molecule has 0 aromatic heterocycles. The number of hydrogen-bond acceptors (Lipinski definition) is 4. The van der Waals surface area contributed by atoms with Crippen LogP contribution in [0.25, 0.3) is 0 Å². The number of rotatable bonds is 6. The van der Waals surface area contributed by atoms with E-state index in [-0.39, 0.29) is 24.4 Å². The molecular weight excluding hydrogens is 224 g/mol. The van der Waals surface area contributed by atoms with Crippen molar-refractivity contribution in [1.29, 1.82) is 0 Å². The molecule has 0 aliphatic carbocycles. The fourth-order valence-electron chi connectivity index (χ4n) is 0.955. The molecule has 0 bridgehead atoms. The number of carbonyl (C=O) groups is 2. The lowest BCUT2D eigenvalue weighted by Crippen LogP contribution is -2.13. The molecule has 0 rings (SSSR count). The van der Waals surface area contributed by atoms with Crippen molar-refractivity contribution in [3.63, 3.8) is 0 Å². The number of esters is 1. The van der Waals surface area contributed by atoms with Gasteiger partial charge in [-0.15, -0.1) is 6.58 Å². The van der Waals surface area contributed by atoms with Gasteiger partial charge in [-0.25, -0.2) is 14.6 Å². The predicted octanol–water partition coefficient (Wildman–Crippen LogP) is 1.48. The zero-order chi connectivity index (χ0) is 13.3. The van der Waals surface area contributed by atoms with Gasteiger partial charge in [0.25, 0.3) is 0 Å². The van der Waals surface area contributed by atoms with Crippen molar-refractivity contribution in [2.75, 3.05) is 6.61 Å². The lowest BCUT2D eigenvalue weighted by atomic mass is 10.1. The second-order valence-corrected chi connectivity index (χ2v) is 3.00. The van der Waals surface area contributed by atoms with Gasteiger partial charge in [0, 0.05) is 6.42 Å². The fraction of sp³-hybridized carbons (Fsp3) is 0.364. The zero-order valence-corrected chi connectivity index (χ0v) is 9.68. The van der Waals surface area contributed by atoms with Crippen LogP contribution in [0.3, 0.4) is 0 Å². The number of primary amides is 1. The molecule has 0 heterocycles. The number of hydrogen-bond donors (Lipinski definition) is 2. The first-order chi connectivity index (χ1) is 8.02. The first kappa shape index (κ1) is 14.9. The molecule has 6 heteroatoms. The normalized spacial score (nSPS) is 12.1. The van der Waals surface area contributed by atoms with Gasteiger partial charge in [0.05, 0.1) is 12.8 Å². The molecule has 0 aromatic carbocycles. The number of allylic oxidation sites excluding steroid dienone is 2. The number of aliphatic imine (C=N–C) groups is 1. The third-order valence-corrected chi connectivity index (χ3v) is 1.71. The SMILES string of the molecule is C=CCC/C(O)=C(/C=N/C(N)=O)C(=O)OCC. The van der Waals surface area contributed by atoms with Crippen LogP contribution in [0.4, 0.5) is 4.79 Å². The average molecular weight is 240 g/mol. The Morgan fingerprint density at radius 3 is 2.65 bits per heavy atom. The molecule has 0 unspecified atom stereocenters. The van der Waals surface area contributed by atoms with Crippen LogP contribution in [0.1, 0.15) is 19.8 Å². The van der Waals surface area contributed by atoms with Gasteiger partial charge >= 0.3 is 12.0 Å². The van der Waals surface area contributed by atoms with Gasteiger partial charge < -0.3 is 15.6 Å². The van der Waals surface area contributed by atoms with E-state index in [0.717, 1.165) is 6.21 Å². The second-order valence-electron chi connectivity index (χ2n) is 3.00. The summed E-state index contributed by atoms with van der Waals surface area (Å²) in [6, 6.07) is -0.955. The van der Waals surface area contributed by atoms with Crippen LogP contribution in [-0.4, -0.2) is 29.9 Å². The van der Waals surface area contributed by atoms with Gasteiger partial charge in [-0.2, -0.15) is 0 Å². The van der Waals surface area contributed by atoms with Crippen LogP contribution < -0.4 is 5.73 Å². The Balaban J connectivity index is 5.00. The topological polar surface area (TPSA) is 102 Å². The summed E-state index contributed by atoms with van der Waals surface area (Å²) in [5, 5.41) is 9.64. The van der Waals surface area contributed by atoms with Crippen LogP contribution in [-0.2, 0) is 9.53 Å². The molecule has 0 saturated heterocycles. The third kappa shape index (κ3) is 6.14. The Labute approximate surface area is 99.5 Å². The number of nitrogens with two attached hydrogens (primary N) is 1. The predicted molar refractivity (Wildman–Crippen MR) is 63.8 cm³/mol. The van der Waals surface area contributed by atoms with E-state index in [0.29, 0.717) is 6.42 Å². The minimum Gasteiger partial charge on any atom is -0.511 e. The fourth-order valence-corrected chi connectivity index (χ4v) is 0.955. The molecule has 3 N–H and O–H groups in total. The molecule has 2 amide bonds. The van der Waals surface area contributed by atoms with E-state index >= 15 is 0 Å². The molecule has 0 aromatic rings. The molecule has 0 atom stereocenters. The third-order valence-electron chi connectivity index (χ3n) is 1.71. The molecule has 0 aliphatic rings. The van der Waals surface area contributed by atoms with Crippen molar-refractivity contribution in [3.8, 4) is 0 Å². The molecule has 0 saturated carbocycles. The summed E-state index contributed by atoms with van der Waals surface area (Å²) < 4.78 is 4.71. The van der Waals surface area contributed by atoms with E-state index in [9.17, 15) is 14.7 Å². The molecule has 0 spiro atoms. The maximum atomic E-state index is 11.5. The lowest BCUT2D eigenvalue weighted by molar-refractivity contribution is -0.138. The van der Waals surface area contributed by atoms with Crippen LogP contribution in [0.2, 0.25) is 0 Å². The van der Waals surface area contributed by atoms with E-state index in [1.54, 1.807) is 13.0 Å². The highest BCUT2D eigenvalue weighted by Gasteiger charge is 2.14. The summed E-state index contributed by atoms with van der Waals surface area (Å²) in [7, 11) is 0. The van der Waals surface area contributed by atoms with Crippen molar-refractivity contribution in [3.05, 3.63) is 24.0 Å². The number of aliphatic hydroxyl groups is 1. The summed E-state index contributed by atoms with van der Waals surface area (Å²) in [5.74, 6) is -0.965. The zero-order valence-electron chi connectivity index (χ0n) is 9.68. The van der Waals surface area contributed by atoms with E-state index in [1.165, 1.54) is 0 Å². The number of ether oxygens (including phenoxy) is 1. The van der Waals surface area contributed by atoms with Crippen LogP contribution in [0.15, 0.2) is 29.0 Å². The summed E-state index contributed by atoms with van der Waals surface area (Å²) in [5.41, 5.74) is 4.63. The van der Waals surface area contributed by atoms with E-state index in [4.69, 9.17) is 10.5 Å². The second kappa shape index (κ2) is 8.09.